The summed E-state index contributed by atoms with van der Waals surface area (Å²) in [7, 11) is 0. The number of rotatable bonds is 0. The van der Waals surface area contributed by atoms with E-state index in [-0.39, 0.29) is 12.1 Å². The molecule has 2 rings (SSSR count). The molecule has 0 saturated heterocycles. The third-order valence-electron chi connectivity index (χ3n) is 4.10. The molecule has 14 heavy (non-hydrogen) atoms. The van der Waals surface area contributed by atoms with Gasteiger partial charge in [-0.1, -0.05) is 11.6 Å². The number of fused-ring (bicyclic) bond motifs is 1. The second kappa shape index (κ2) is 4.03. The van der Waals surface area contributed by atoms with Crippen LogP contribution < -0.4 is 5.73 Å². The molecule has 0 aromatic heterocycles. The fourth-order valence-corrected chi connectivity index (χ4v) is 3.26. The smallest absolute Gasteiger partial charge is 0.172 e. The van der Waals surface area contributed by atoms with Gasteiger partial charge in [-0.05, 0) is 44.9 Å². The Balaban J connectivity index is 2.15. The molecule has 0 heterocycles. The van der Waals surface area contributed by atoms with Gasteiger partial charge in [0.05, 0.1) is 6.04 Å². The predicted octanol–water partition coefficient (Wildman–Crippen LogP) is 1.56. The Kier molecular flexibility index (Phi) is 2.93. The van der Waals surface area contributed by atoms with Crippen LogP contribution in [0.1, 0.15) is 39.0 Å². The molecule has 4 unspecified atom stereocenters. The van der Waals surface area contributed by atoms with Crippen molar-refractivity contribution in [1.29, 1.82) is 0 Å². The molecule has 2 aliphatic carbocycles. The number of allylic oxidation sites excluding steroid dienone is 2. The number of hydrogen-bond donors (Lipinski definition) is 1. The summed E-state index contributed by atoms with van der Waals surface area (Å²) in [6, 6.07) is 0.132. The molecule has 2 aliphatic rings. The first-order valence-corrected chi connectivity index (χ1v) is 5.86. The molecule has 4 atom stereocenters. The molecule has 2 fully saturated rings. The molecule has 2 saturated carbocycles. The zero-order valence-electron chi connectivity index (χ0n) is 9.00. The molecule has 0 bridgehead atoms. The fraction of sp³-hybridized carbons (Fsp3) is 0.833. The summed E-state index contributed by atoms with van der Waals surface area (Å²) >= 11 is 0. The molecular formula is C12H22NO+. The summed E-state index contributed by atoms with van der Waals surface area (Å²) in [5, 5.41) is 8.12. The maximum Gasteiger partial charge on any atom is 0.172 e. The van der Waals surface area contributed by atoms with Gasteiger partial charge in [0.1, 0.15) is 0 Å². The largest absolute Gasteiger partial charge is 0.442 e. The second-order valence-electron chi connectivity index (χ2n) is 4.79. The Labute approximate surface area is 86.2 Å². The highest BCUT2D eigenvalue weighted by Crippen LogP contribution is 2.43. The predicted molar refractivity (Wildman–Crippen MR) is 59.2 cm³/mol. The minimum Gasteiger partial charge on any atom is -0.442 e. The number of hydrogen-bond acceptors (Lipinski definition) is 1. The standard InChI is InChI=1S/C12H21NO/c1-2-8-4-3-5-10-9(8)6-7-11(13)12(10)14/h2,9-12,14H,3-7,13H2,1H3/p+1/b8-2+. The fourth-order valence-electron chi connectivity index (χ4n) is 3.26. The summed E-state index contributed by atoms with van der Waals surface area (Å²) in [5.41, 5.74) is 7.57. The monoisotopic (exact) mass is 196 g/mol. The van der Waals surface area contributed by atoms with Gasteiger partial charge in [-0.25, -0.2) is 0 Å². The van der Waals surface area contributed by atoms with Crippen molar-refractivity contribution >= 4 is 0 Å². The highest BCUT2D eigenvalue weighted by molar-refractivity contribution is 5.13. The van der Waals surface area contributed by atoms with Crippen molar-refractivity contribution in [2.75, 3.05) is 0 Å². The van der Waals surface area contributed by atoms with Crippen LogP contribution in [-0.2, 0) is 0 Å². The molecule has 0 aromatic rings. The zero-order valence-corrected chi connectivity index (χ0v) is 9.00. The van der Waals surface area contributed by atoms with Crippen molar-refractivity contribution in [1.82, 2.24) is 0 Å². The van der Waals surface area contributed by atoms with Gasteiger partial charge in [0, 0.05) is 5.92 Å². The molecule has 0 aromatic carbocycles. The van der Waals surface area contributed by atoms with E-state index >= 15 is 0 Å². The normalized spacial score (nSPS) is 46.4. The van der Waals surface area contributed by atoms with E-state index in [2.05, 4.69) is 13.0 Å². The SMILES string of the molecule is C/C=C1\CCCC2C1CCC(N)C2[OH2+]. The summed E-state index contributed by atoms with van der Waals surface area (Å²) in [4.78, 5) is 0. The average Bonchev–Trinajstić information content (AvgIpc) is 2.23. The average molecular weight is 196 g/mol. The van der Waals surface area contributed by atoms with E-state index in [9.17, 15) is 0 Å². The van der Waals surface area contributed by atoms with Crippen LogP contribution in [0.2, 0.25) is 0 Å². The first-order valence-electron chi connectivity index (χ1n) is 5.86. The Hall–Kier alpha value is -0.340. The van der Waals surface area contributed by atoms with Crippen molar-refractivity contribution in [2.24, 2.45) is 17.6 Å². The first-order chi connectivity index (χ1) is 6.74. The molecule has 0 aliphatic heterocycles. The van der Waals surface area contributed by atoms with Gasteiger partial charge >= 0.3 is 0 Å². The van der Waals surface area contributed by atoms with Crippen LogP contribution in [0.25, 0.3) is 0 Å². The van der Waals surface area contributed by atoms with E-state index in [1.165, 1.54) is 25.7 Å². The molecule has 0 amide bonds. The third-order valence-corrected chi connectivity index (χ3v) is 4.10. The van der Waals surface area contributed by atoms with Gasteiger partial charge < -0.3 is 10.8 Å². The van der Waals surface area contributed by atoms with Crippen molar-refractivity contribution in [3.05, 3.63) is 11.6 Å². The van der Waals surface area contributed by atoms with Crippen molar-refractivity contribution in [3.8, 4) is 0 Å². The summed E-state index contributed by atoms with van der Waals surface area (Å²) in [6.45, 7) is 2.14. The van der Waals surface area contributed by atoms with Crippen molar-refractivity contribution in [3.63, 3.8) is 0 Å². The number of nitrogens with two attached hydrogens (primary N) is 1. The van der Waals surface area contributed by atoms with E-state index < -0.39 is 0 Å². The highest BCUT2D eigenvalue weighted by atomic mass is 16.3. The Morgan fingerprint density at radius 1 is 1.36 bits per heavy atom. The molecule has 2 heteroatoms. The second-order valence-corrected chi connectivity index (χ2v) is 4.79. The van der Waals surface area contributed by atoms with Crippen LogP contribution >= 0.6 is 0 Å². The van der Waals surface area contributed by atoms with Gasteiger partial charge in [-0.3, -0.25) is 0 Å². The van der Waals surface area contributed by atoms with E-state index in [1.54, 1.807) is 5.57 Å². The first kappa shape index (κ1) is 10.2. The molecule has 4 N–H and O–H groups in total. The van der Waals surface area contributed by atoms with Crippen LogP contribution in [0.5, 0.6) is 0 Å². The van der Waals surface area contributed by atoms with Crippen LogP contribution in [0.3, 0.4) is 0 Å². The Morgan fingerprint density at radius 2 is 2.14 bits per heavy atom. The van der Waals surface area contributed by atoms with Crippen molar-refractivity contribution < 1.29 is 5.11 Å². The van der Waals surface area contributed by atoms with E-state index in [0.717, 1.165) is 6.42 Å². The third kappa shape index (κ3) is 1.61. The summed E-state index contributed by atoms with van der Waals surface area (Å²) < 4.78 is 0. The van der Waals surface area contributed by atoms with E-state index in [1.807, 2.05) is 0 Å². The topological polar surface area (TPSA) is 48.9 Å². The minimum atomic E-state index is -0.0102. The van der Waals surface area contributed by atoms with Gasteiger partial charge in [0.2, 0.25) is 0 Å². The molecule has 0 radical (unpaired) electrons. The maximum atomic E-state index is 8.12. The van der Waals surface area contributed by atoms with E-state index in [0.29, 0.717) is 11.8 Å². The molecule has 80 valence electrons. The minimum absolute atomic E-state index is 0.0102. The van der Waals surface area contributed by atoms with E-state index in [4.69, 9.17) is 10.8 Å². The molecule has 2 nitrogen and oxygen atoms in total. The van der Waals surface area contributed by atoms with Gasteiger partial charge in [0.15, 0.2) is 6.10 Å². The Bertz CT molecular complexity index is 236. The van der Waals surface area contributed by atoms with Crippen molar-refractivity contribution in [2.45, 2.75) is 51.2 Å². The quantitative estimate of drug-likeness (QED) is 0.464. The summed E-state index contributed by atoms with van der Waals surface area (Å²) in [5.74, 6) is 1.25. The maximum absolute atomic E-state index is 8.12. The lowest BCUT2D eigenvalue weighted by Crippen LogP contribution is -2.48. The highest BCUT2D eigenvalue weighted by Gasteiger charge is 2.42. The summed E-state index contributed by atoms with van der Waals surface area (Å²) in [6.07, 6.45) is 8.30. The van der Waals surface area contributed by atoms with Crippen LogP contribution in [0, 0.1) is 11.8 Å². The van der Waals surface area contributed by atoms with Crippen LogP contribution in [0.4, 0.5) is 0 Å². The molecular weight excluding hydrogens is 174 g/mol. The molecule has 0 spiro atoms. The lowest BCUT2D eigenvalue weighted by molar-refractivity contribution is 0.0130. The lowest BCUT2D eigenvalue weighted by atomic mass is 9.66. The van der Waals surface area contributed by atoms with Gasteiger partial charge in [0.25, 0.3) is 0 Å². The van der Waals surface area contributed by atoms with Gasteiger partial charge in [-0.15, -0.1) is 0 Å². The van der Waals surface area contributed by atoms with Crippen LogP contribution in [-0.4, -0.2) is 17.3 Å². The lowest BCUT2D eigenvalue weighted by Gasteiger charge is -2.40. The Morgan fingerprint density at radius 3 is 2.86 bits per heavy atom. The van der Waals surface area contributed by atoms with Gasteiger partial charge in [-0.2, -0.15) is 0 Å². The van der Waals surface area contributed by atoms with Crippen LogP contribution in [0.15, 0.2) is 11.6 Å². The zero-order chi connectivity index (χ0) is 10.1.